The highest BCUT2D eigenvalue weighted by Gasteiger charge is 2.34. The molecule has 0 spiro atoms. The molecule has 2 heterocycles. The highest BCUT2D eigenvalue weighted by molar-refractivity contribution is 5.98. The maximum atomic E-state index is 13.9. The number of carbonyl (C=O) groups is 2. The number of hydrogen-bond acceptors (Lipinski definition) is 3. The second kappa shape index (κ2) is 8.23. The first-order valence-corrected chi connectivity index (χ1v) is 9.55. The Labute approximate surface area is 177 Å². The van der Waals surface area contributed by atoms with Gasteiger partial charge in [-0.05, 0) is 18.1 Å². The molecule has 3 N–H and O–H groups in total. The summed E-state index contributed by atoms with van der Waals surface area (Å²) in [5.74, 6) is -14.1. The summed E-state index contributed by atoms with van der Waals surface area (Å²) < 4.78 is 67.8. The van der Waals surface area contributed by atoms with Crippen LogP contribution in [0.25, 0.3) is 10.9 Å². The van der Waals surface area contributed by atoms with Crippen molar-refractivity contribution in [1.82, 2.24) is 15.2 Å². The number of aromatic nitrogens is 1. The van der Waals surface area contributed by atoms with Gasteiger partial charge in [0.1, 0.15) is 11.6 Å². The number of aliphatic hydroxyl groups is 1. The lowest BCUT2D eigenvalue weighted by molar-refractivity contribution is -0.135. The lowest BCUT2D eigenvalue weighted by Gasteiger charge is -2.30. The van der Waals surface area contributed by atoms with Crippen LogP contribution in [0.15, 0.2) is 24.3 Å². The van der Waals surface area contributed by atoms with Gasteiger partial charge < -0.3 is 20.3 Å². The number of H-pyrrole nitrogens is 1. The van der Waals surface area contributed by atoms with Crippen LogP contribution in [0, 0.1) is 29.1 Å². The van der Waals surface area contributed by atoms with Crippen molar-refractivity contribution in [3.63, 3.8) is 0 Å². The fourth-order valence-corrected chi connectivity index (χ4v) is 3.82. The Bertz CT molecular complexity index is 1210. The van der Waals surface area contributed by atoms with Gasteiger partial charge in [-0.15, -0.1) is 0 Å². The lowest BCUT2D eigenvalue weighted by Crippen LogP contribution is -2.51. The smallest absolute Gasteiger partial charge is 0.258 e. The number of benzene rings is 2. The van der Waals surface area contributed by atoms with Crippen LogP contribution in [-0.4, -0.2) is 46.0 Å². The number of nitrogens with zero attached hydrogens (tertiary/aromatic N) is 1. The Balaban J connectivity index is 1.55. The predicted octanol–water partition coefficient (Wildman–Crippen LogP) is 2.54. The van der Waals surface area contributed by atoms with Crippen molar-refractivity contribution in [3.8, 4) is 0 Å². The van der Waals surface area contributed by atoms with Crippen molar-refractivity contribution in [1.29, 1.82) is 0 Å². The summed E-state index contributed by atoms with van der Waals surface area (Å²) in [5, 5.41) is 12.4. The molecule has 0 aliphatic carbocycles. The Kier molecular flexibility index (Phi) is 5.59. The van der Waals surface area contributed by atoms with Crippen LogP contribution < -0.4 is 5.32 Å². The molecule has 1 aliphatic heterocycles. The van der Waals surface area contributed by atoms with E-state index in [0.29, 0.717) is 6.42 Å². The second-order valence-electron chi connectivity index (χ2n) is 7.29. The Morgan fingerprint density at radius 3 is 2.31 bits per heavy atom. The molecule has 0 bridgehead atoms. The van der Waals surface area contributed by atoms with E-state index in [9.17, 15) is 36.6 Å². The molecule has 2 aromatic carbocycles. The van der Waals surface area contributed by atoms with Crippen LogP contribution >= 0.6 is 0 Å². The van der Waals surface area contributed by atoms with E-state index in [1.54, 1.807) is 0 Å². The van der Waals surface area contributed by atoms with Gasteiger partial charge in [0.2, 0.25) is 11.7 Å². The largest absolute Gasteiger partial charge is 0.394 e. The summed E-state index contributed by atoms with van der Waals surface area (Å²) in [7, 11) is 0. The van der Waals surface area contributed by atoms with E-state index in [1.807, 2.05) is 29.6 Å². The van der Waals surface area contributed by atoms with Crippen molar-refractivity contribution >= 4 is 22.7 Å². The average Bonchev–Trinajstić information content (AvgIpc) is 3.17. The van der Waals surface area contributed by atoms with Crippen molar-refractivity contribution in [3.05, 3.63) is 70.2 Å². The maximum absolute atomic E-state index is 13.9. The van der Waals surface area contributed by atoms with Gasteiger partial charge in [0.15, 0.2) is 23.3 Å². The third kappa shape index (κ3) is 3.48. The van der Waals surface area contributed by atoms with Crippen LogP contribution in [0.5, 0.6) is 0 Å². The van der Waals surface area contributed by atoms with Crippen molar-refractivity contribution in [2.24, 2.45) is 0 Å². The molecule has 168 valence electrons. The minimum atomic E-state index is -2.41. The zero-order valence-electron chi connectivity index (χ0n) is 16.3. The van der Waals surface area contributed by atoms with Crippen LogP contribution in [0.2, 0.25) is 0 Å². The number of aromatic amines is 1. The topological polar surface area (TPSA) is 85.4 Å². The zero-order chi connectivity index (χ0) is 23.2. The van der Waals surface area contributed by atoms with Crippen LogP contribution in [0.4, 0.5) is 22.0 Å². The molecule has 0 fully saturated rings. The molecule has 4 rings (SSSR count). The molecule has 1 aromatic heterocycles. The summed E-state index contributed by atoms with van der Waals surface area (Å²) in [6.45, 7) is -0.587. The Morgan fingerprint density at radius 1 is 1.03 bits per heavy atom. The predicted molar refractivity (Wildman–Crippen MR) is 102 cm³/mol. The van der Waals surface area contributed by atoms with Gasteiger partial charge in [-0.2, -0.15) is 0 Å². The summed E-state index contributed by atoms with van der Waals surface area (Å²) in [6.07, 6.45) is 0.481. The third-order valence-corrected chi connectivity index (χ3v) is 5.42. The van der Waals surface area contributed by atoms with E-state index in [1.165, 1.54) is 4.90 Å². The minimum Gasteiger partial charge on any atom is -0.394 e. The first-order chi connectivity index (χ1) is 15.2. The van der Waals surface area contributed by atoms with E-state index in [-0.39, 0.29) is 13.1 Å². The van der Waals surface area contributed by atoms with E-state index < -0.39 is 59.1 Å². The van der Waals surface area contributed by atoms with E-state index in [0.717, 1.165) is 22.2 Å². The van der Waals surface area contributed by atoms with Crippen molar-refractivity contribution < 1.29 is 36.6 Å². The van der Waals surface area contributed by atoms with Gasteiger partial charge >= 0.3 is 0 Å². The number of halogens is 5. The van der Waals surface area contributed by atoms with Crippen molar-refractivity contribution in [2.45, 2.75) is 19.0 Å². The first kappa shape index (κ1) is 21.8. The highest BCUT2D eigenvalue weighted by atomic mass is 19.2. The van der Waals surface area contributed by atoms with Gasteiger partial charge in [0, 0.05) is 23.1 Å². The molecule has 1 unspecified atom stereocenters. The number of hydrogen-bond donors (Lipinski definition) is 3. The SMILES string of the molecule is O=C(NC(CO)C(=O)N1CCc2c([nH]c3ccccc23)C1)c1c(F)c(F)c(F)c(F)c1F. The van der Waals surface area contributed by atoms with Gasteiger partial charge in [0.25, 0.3) is 5.91 Å². The molecule has 32 heavy (non-hydrogen) atoms. The molecule has 1 aliphatic rings. The molecule has 2 amide bonds. The van der Waals surface area contributed by atoms with Gasteiger partial charge in [0.05, 0.1) is 13.2 Å². The van der Waals surface area contributed by atoms with Crippen LogP contribution in [0.3, 0.4) is 0 Å². The number of carbonyl (C=O) groups excluding carboxylic acids is 2. The fourth-order valence-electron chi connectivity index (χ4n) is 3.82. The summed E-state index contributed by atoms with van der Waals surface area (Å²) in [6, 6.07) is 5.89. The minimum absolute atomic E-state index is 0.123. The number of aliphatic hydroxyl groups excluding tert-OH is 1. The highest BCUT2D eigenvalue weighted by Crippen LogP contribution is 2.28. The summed E-state index contributed by atoms with van der Waals surface area (Å²) >= 11 is 0. The van der Waals surface area contributed by atoms with Gasteiger partial charge in [-0.3, -0.25) is 9.59 Å². The monoisotopic (exact) mass is 453 g/mol. The molecule has 0 saturated heterocycles. The Hall–Kier alpha value is -3.47. The summed E-state index contributed by atoms with van der Waals surface area (Å²) in [4.78, 5) is 29.6. The normalized spacial score (nSPS) is 14.4. The molecule has 6 nitrogen and oxygen atoms in total. The first-order valence-electron chi connectivity index (χ1n) is 9.55. The van der Waals surface area contributed by atoms with Crippen LogP contribution in [0.1, 0.15) is 21.6 Å². The molecule has 0 saturated carbocycles. The molecule has 1 atom stereocenters. The number of para-hydroxylation sites is 1. The molecule has 3 aromatic rings. The standard InChI is InChI=1S/C21H16F5N3O3/c22-15-14(16(23)18(25)19(26)17(15)24)20(31)28-13(8-30)21(32)29-6-5-10-9-3-1-2-4-11(9)27-12(10)7-29/h1-4,13,27,30H,5-8H2,(H,28,31). The second-order valence-corrected chi connectivity index (χ2v) is 7.29. The molecular weight excluding hydrogens is 437 g/mol. The van der Waals surface area contributed by atoms with E-state index in [4.69, 9.17) is 0 Å². The van der Waals surface area contributed by atoms with Crippen molar-refractivity contribution in [2.75, 3.05) is 13.2 Å². The summed E-state index contributed by atoms with van der Waals surface area (Å²) in [5.41, 5.74) is 0.929. The number of nitrogens with one attached hydrogen (secondary N) is 2. The maximum Gasteiger partial charge on any atom is 0.258 e. The van der Waals surface area contributed by atoms with Crippen LogP contribution in [-0.2, 0) is 17.8 Å². The van der Waals surface area contributed by atoms with Gasteiger partial charge in [-0.1, -0.05) is 18.2 Å². The quantitative estimate of drug-likeness (QED) is 0.323. The molecule has 11 heteroatoms. The van der Waals surface area contributed by atoms with Gasteiger partial charge in [-0.25, -0.2) is 22.0 Å². The lowest BCUT2D eigenvalue weighted by atomic mass is 10.0. The Morgan fingerprint density at radius 2 is 1.66 bits per heavy atom. The average molecular weight is 453 g/mol. The number of rotatable bonds is 4. The third-order valence-electron chi connectivity index (χ3n) is 5.42. The fraction of sp³-hybridized carbons (Fsp3) is 0.238. The number of amides is 2. The van der Waals surface area contributed by atoms with E-state index in [2.05, 4.69) is 4.98 Å². The zero-order valence-corrected chi connectivity index (χ0v) is 16.3. The van der Waals surface area contributed by atoms with E-state index >= 15 is 0 Å². The number of fused-ring (bicyclic) bond motifs is 3. The molecule has 0 radical (unpaired) electrons. The molecular formula is C21H16F5N3O3.